The summed E-state index contributed by atoms with van der Waals surface area (Å²) in [5.41, 5.74) is 0.0903. The van der Waals surface area contributed by atoms with Crippen molar-refractivity contribution in [3.05, 3.63) is 58.3 Å². The zero-order valence-electron chi connectivity index (χ0n) is 13.7. The third-order valence-corrected chi connectivity index (χ3v) is 3.17. The summed E-state index contributed by atoms with van der Waals surface area (Å²) >= 11 is 0. The Hall–Kier alpha value is -2.29. The lowest BCUT2D eigenvalue weighted by Crippen LogP contribution is -2.34. The zero-order valence-corrected chi connectivity index (χ0v) is 14.5. The lowest BCUT2D eigenvalue weighted by Gasteiger charge is -2.08. The minimum atomic E-state index is -0.415. The van der Waals surface area contributed by atoms with Gasteiger partial charge in [0, 0.05) is 32.8 Å². The molecule has 0 aliphatic rings. The molecule has 0 atom stereocenters. The molecule has 0 unspecified atom stereocenters. The van der Waals surface area contributed by atoms with E-state index in [1.807, 2.05) is 0 Å². The lowest BCUT2D eigenvalue weighted by molar-refractivity contribution is 0.0947. The van der Waals surface area contributed by atoms with Crippen molar-refractivity contribution in [1.29, 1.82) is 0 Å². The second kappa shape index (κ2) is 10.5. The van der Waals surface area contributed by atoms with E-state index < -0.39 is 11.4 Å². The summed E-state index contributed by atoms with van der Waals surface area (Å²) in [4.78, 5) is 24.0. The third kappa shape index (κ3) is 6.26. The summed E-state index contributed by atoms with van der Waals surface area (Å²) in [7, 11) is 1.62. The highest BCUT2D eigenvalue weighted by Gasteiger charge is 2.10. The molecule has 2 N–H and O–H groups in total. The van der Waals surface area contributed by atoms with E-state index in [0.29, 0.717) is 31.9 Å². The molecule has 0 aliphatic heterocycles. The topological polar surface area (TPSA) is 85.3 Å². The number of carbonyl (C=O) groups excluding carboxylic acids is 1. The molecule has 25 heavy (non-hydrogen) atoms. The fourth-order valence-corrected chi connectivity index (χ4v) is 1.95. The van der Waals surface area contributed by atoms with Gasteiger partial charge in [0.1, 0.15) is 11.5 Å². The molecule has 1 amide bonds. The molecular weight excluding hydrogens is 351 g/mol. The standard InChI is InChI=1S/C16H19FN4O3.ClH/c1-24-11-10-18-8-9-19-16(23)14-6-7-15(22)21(20-14)13-4-2-12(17)3-5-13;/h2-7,18H,8-11H2,1H3,(H,19,23);1H. The summed E-state index contributed by atoms with van der Waals surface area (Å²) in [5.74, 6) is -0.805. The Kier molecular flexibility index (Phi) is 8.76. The predicted octanol–water partition coefficient (Wildman–Crippen LogP) is 0.759. The number of methoxy groups -OCH3 is 1. The van der Waals surface area contributed by atoms with Gasteiger partial charge in [0.25, 0.3) is 11.5 Å². The normalized spacial score (nSPS) is 10.2. The molecule has 9 heteroatoms. The summed E-state index contributed by atoms with van der Waals surface area (Å²) < 4.78 is 18.9. The molecule has 1 aromatic carbocycles. The van der Waals surface area contributed by atoms with Crippen molar-refractivity contribution in [1.82, 2.24) is 20.4 Å². The smallest absolute Gasteiger partial charge is 0.271 e. The Morgan fingerprint density at radius 1 is 1.16 bits per heavy atom. The van der Waals surface area contributed by atoms with Crippen LogP contribution in [0.4, 0.5) is 4.39 Å². The van der Waals surface area contributed by atoms with E-state index in [9.17, 15) is 14.0 Å². The van der Waals surface area contributed by atoms with Gasteiger partial charge < -0.3 is 15.4 Å². The fraction of sp³-hybridized carbons (Fsp3) is 0.312. The first-order chi connectivity index (χ1) is 11.6. The van der Waals surface area contributed by atoms with Gasteiger partial charge in [-0.05, 0) is 30.3 Å². The average Bonchev–Trinajstić information content (AvgIpc) is 2.59. The minimum Gasteiger partial charge on any atom is -0.383 e. The average molecular weight is 371 g/mol. The molecule has 2 aromatic rings. The van der Waals surface area contributed by atoms with Gasteiger partial charge in [-0.25, -0.2) is 4.39 Å². The van der Waals surface area contributed by atoms with Gasteiger partial charge in [-0.3, -0.25) is 9.59 Å². The van der Waals surface area contributed by atoms with E-state index in [-0.39, 0.29) is 24.0 Å². The van der Waals surface area contributed by atoms with Crippen LogP contribution in [0.15, 0.2) is 41.2 Å². The first kappa shape index (κ1) is 20.8. The minimum absolute atomic E-state index is 0. The fourth-order valence-electron chi connectivity index (χ4n) is 1.95. The first-order valence-corrected chi connectivity index (χ1v) is 7.46. The van der Waals surface area contributed by atoms with Crippen LogP contribution in [0.1, 0.15) is 10.5 Å². The highest BCUT2D eigenvalue weighted by atomic mass is 35.5. The molecule has 136 valence electrons. The summed E-state index contributed by atoms with van der Waals surface area (Å²) in [5, 5.41) is 9.83. The Labute approximate surface area is 150 Å². The van der Waals surface area contributed by atoms with Crippen LogP contribution in [0.3, 0.4) is 0 Å². The molecule has 2 rings (SSSR count). The molecule has 0 aliphatic carbocycles. The van der Waals surface area contributed by atoms with Crippen molar-refractivity contribution >= 4 is 18.3 Å². The Morgan fingerprint density at radius 3 is 2.56 bits per heavy atom. The maximum absolute atomic E-state index is 13.0. The molecule has 0 bridgehead atoms. The summed E-state index contributed by atoms with van der Waals surface area (Å²) in [6.07, 6.45) is 0. The van der Waals surface area contributed by atoms with E-state index in [1.54, 1.807) is 7.11 Å². The number of hydrogen-bond donors (Lipinski definition) is 2. The number of carbonyl (C=O) groups is 1. The van der Waals surface area contributed by atoms with Gasteiger partial charge in [0.05, 0.1) is 12.3 Å². The number of benzene rings is 1. The highest BCUT2D eigenvalue weighted by molar-refractivity contribution is 5.92. The summed E-state index contributed by atoms with van der Waals surface area (Å²) in [6, 6.07) is 7.90. The third-order valence-electron chi connectivity index (χ3n) is 3.17. The number of hydrogen-bond acceptors (Lipinski definition) is 5. The first-order valence-electron chi connectivity index (χ1n) is 7.46. The highest BCUT2D eigenvalue weighted by Crippen LogP contribution is 2.05. The maximum Gasteiger partial charge on any atom is 0.271 e. The van der Waals surface area contributed by atoms with Crippen molar-refractivity contribution in [3.8, 4) is 5.69 Å². The molecule has 1 aromatic heterocycles. The van der Waals surface area contributed by atoms with Crippen molar-refractivity contribution in [2.24, 2.45) is 0 Å². The molecule has 7 nitrogen and oxygen atoms in total. The van der Waals surface area contributed by atoms with Gasteiger partial charge in [-0.2, -0.15) is 9.78 Å². The molecule has 0 radical (unpaired) electrons. The number of rotatable bonds is 8. The number of nitrogens with zero attached hydrogens (tertiary/aromatic N) is 2. The quantitative estimate of drug-likeness (QED) is 0.670. The van der Waals surface area contributed by atoms with Crippen LogP contribution in [-0.4, -0.2) is 49.0 Å². The van der Waals surface area contributed by atoms with Crippen molar-refractivity contribution < 1.29 is 13.9 Å². The Morgan fingerprint density at radius 2 is 1.88 bits per heavy atom. The predicted molar refractivity (Wildman–Crippen MR) is 94.1 cm³/mol. The second-order valence-corrected chi connectivity index (χ2v) is 4.94. The summed E-state index contributed by atoms with van der Waals surface area (Å²) in [6.45, 7) is 2.30. The monoisotopic (exact) mass is 370 g/mol. The van der Waals surface area contributed by atoms with Gasteiger partial charge >= 0.3 is 0 Å². The maximum atomic E-state index is 13.0. The van der Waals surface area contributed by atoms with Crippen LogP contribution in [0, 0.1) is 5.82 Å². The second-order valence-electron chi connectivity index (χ2n) is 4.94. The van der Waals surface area contributed by atoms with E-state index >= 15 is 0 Å². The van der Waals surface area contributed by atoms with Crippen LogP contribution in [0.5, 0.6) is 0 Å². The number of ether oxygens (including phenoxy) is 1. The number of aromatic nitrogens is 2. The molecular formula is C16H20ClFN4O3. The molecule has 0 spiro atoms. The van der Waals surface area contributed by atoms with E-state index in [1.165, 1.54) is 36.4 Å². The van der Waals surface area contributed by atoms with Gasteiger partial charge in [-0.15, -0.1) is 12.4 Å². The van der Waals surface area contributed by atoms with E-state index in [2.05, 4.69) is 15.7 Å². The molecule has 1 heterocycles. The van der Waals surface area contributed by atoms with Gasteiger partial charge in [-0.1, -0.05) is 0 Å². The van der Waals surface area contributed by atoms with E-state index in [4.69, 9.17) is 4.74 Å². The van der Waals surface area contributed by atoms with Crippen molar-refractivity contribution in [2.45, 2.75) is 0 Å². The van der Waals surface area contributed by atoms with Crippen LogP contribution in [0.25, 0.3) is 5.69 Å². The van der Waals surface area contributed by atoms with Crippen LogP contribution < -0.4 is 16.2 Å². The van der Waals surface area contributed by atoms with Crippen LogP contribution in [0.2, 0.25) is 0 Å². The largest absolute Gasteiger partial charge is 0.383 e. The Bertz CT molecular complexity index is 737. The number of halogens is 2. The van der Waals surface area contributed by atoms with Crippen LogP contribution >= 0.6 is 12.4 Å². The molecule has 0 fully saturated rings. The van der Waals surface area contributed by atoms with Crippen molar-refractivity contribution in [2.75, 3.05) is 33.4 Å². The Balaban J connectivity index is 0.00000312. The molecule has 0 saturated heterocycles. The van der Waals surface area contributed by atoms with Crippen molar-refractivity contribution in [3.63, 3.8) is 0 Å². The van der Waals surface area contributed by atoms with Gasteiger partial charge in [0.2, 0.25) is 0 Å². The van der Waals surface area contributed by atoms with E-state index in [0.717, 1.165) is 4.68 Å². The zero-order chi connectivity index (χ0) is 17.4. The number of amides is 1. The molecule has 0 saturated carbocycles. The van der Waals surface area contributed by atoms with Crippen LogP contribution in [-0.2, 0) is 4.74 Å². The number of nitrogens with one attached hydrogen (secondary N) is 2. The lowest BCUT2D eigenvalue weighted by atomic mass is 10.3. The van der Waals surface area contributed by atoms with Gasteiger partial charge in [0.15, 0.2) is 0 Å². The SMILES string of the molecule is COCCNCCNC(=O)c1ccc(=O)n(-c2ccc(F)cc2)n1.Cl.